The molecule has 4 nitrogen and oxygen atoms in total. The summed E-state index contributed by atoms with van der Waals surface area (Å²) in [5.41, 5.74) is 2.49. The van der Waals surface area contributed by atoms with Gasteiger partial charge in [-0.2, -0.15) is 0 Å². The van der Waals surface area contributed by atoms with Crippen molar-refractivity contribution in [1.29, 1.82) is 0 Å². The summed E-state index contributed by atoms with van der Waals surface area (Å²) < 4.78 is 10.7. The first-order valence-corrected chi connectivity index (χ1v) is 7.50. The molecule has 0 aliphatic rings. The van der Waals surface area contributed by atoms with Crippen molar-refractivity contribution in [1.82, 2.24) is 0 Å². The smallest absolute Gasteiger partial charge is 0.254 e. The van der Waals surface area contributed by atoms with Crippen LogP contribution < -0.4 is 14.8 Å². The fraction of sp³-hybridized carbons (Fsp3) is 0.211. The third-order valence-corrected chi connectivity index (χ3v) is 3.38. The van der Waals surface area contributed by atoms with Gasteiger partial charge in [-0.25, -0.2) is 0 Å². The zero-order chi connectivity index (χ0) is 16.7. The lowest BCUT2D eigenvalue weighted by molar-refractivity contribution is -0.113. The number of aryl methyl sites for hydroxylation is 1. The summed E-state index contributed by atoms with van der Waals surface area (Å²) in [5.74, 6) is 1.25. The Kier molecular flexibility index (Phi) is 5.80. The molecular formula is C19H21NO3. The van der Waals surface area contributed by atoms with E-state index in [1.54, 1.807) is 31.4 Å². The molecule has 0 unspecified atom stereocenters. The zero-order valence-electron chi connectivity index (χ0n) is 13.6. The quantitative estimate of drug-likeness (QED) is 0.638. The molecular weight excluding hydrogens is 290 g/mol. The molecule has 0 aliphatic carbocycles. The van der Waals surface area contributed by atoms with Crippen LogP contribution in [0.3, 0.4) is 0 Å². The number of hydrogen-bond acceptors (Lipinski definition) is 3. The number of hydrogen-bond donors (Lipinski definition) is 1. The van der Waals surface area contributed by atoms with Crippen LogP contribution in [0.1, 0.15) is 18.9 Å². The van der Waals surface area contributed by atoms with E-state index in [1.165, 1.54) is 6.26 Å². The molecule has 1 N–H and O–H groups in total. The van der Waals surface area contributed by atoms with Gasteiger partial charge in [0.2, 0.25) is 0 Å². The Morgan fingerprint density at radius 3 is 2.22 bits per heavy atom. The zero-order valence-corrected chi connectivity index (χ0v) is 13.6. The summed E-state index contributed by atoms with van der Waals surface area (Å²) in [6.45, 7) is 3.92. The lowest BCUT2D eigenvalue weighted by Gasteiger charge is -2.08. The van der Waals surface area contributed by atoms with Crippen LogP contribution >= 0.6 is 0 Å². The molecule has 0 saturated heterocycles. The number of ether oxygens (including phenoxy) is 2. The highest BCUT2D eigenvalue weighted by Crippen LogP contribution is 2.18. The van der Waals surface area contributed by atoms with Crippen molar-refractivity contribution in [3.63, 3.8) is 0 Å². The van der Waals surface area contributed by atoms with E-state index in [0.29, 0.717) is 17.7 Å². The van der Waals surface area contributed by atoms with E-state index in [1.807, 2.05) is 38.1 Å². The highest BCUT2D eigenvalue weighted by atomic mass is 16.5. The predicted molar refractivity (Wildman–Crippen MR) is 91.8 cm³/mol. The number of nitrogens with one attached hydrogen (secondary N) is 1. The van der Waals surface area contributed by atoms with E-state index in [0.717, 1.165) is 17.0 Å². The number of carbonyl (C=O) groups is 1. The van der Waals surface area contributed by atoms with Crippen molar-refractivity contribution in [3.05, 3.63) is 65.9 Å². The lowest BCUT2D eigenvalue weighted by atomic mass is 10.2. The number of amides is 1. The summed E-state index contributed by atoms with van der Waals surface area (Å²) in [6.07, 6.45) is 2.07. The van der Waals surface area contributed by atoms with Crippen LogP contribution in [0.5, 0.6) is 11.5 Å². The van der Waals surface area contributed by atoms with E-state index in [-0.39, 0.29) is 5.91 Å². The van der Waals surface area contributed by atoms with Crippen LogP contribution in [0.2, 0.25) is 0 Å². The van der Waals surface area contributed by atoms with Gasteiger partial charge in [-0.05, 0) is 49.7 Å². The van der Waals surface area contributed by atoms with Gasteiger partial charge in [0.25, 0.3) is 5.91 Å². The molecule has 0 spiro atoms. The molecule has 1 amide bonds. The first-order chi connectivity index (χ1) is 11.1. The summed E-state index contributed by atoms with van der Waals surface area (Å²) in [6, 6.07) is 14.9. The van der Waals surface area contributed by atoms with Crippen molar-refractivity contribution in [2.24, 2.45) is 0 Å². The van der Waals surface area contributed by atoms with Crippen molar-refractivity contribution in [2.75, 3.05) is 12.4 Å². The minimum absolute atomic E-state index is 0.162. The number of methoxy groups -OCH3 is 1. The Morgan fingerprint density at radius 1 is 1.04 bits per heavy atom. The van der Waals surface area contributed by atoms with Crippen LogP contribution in [0, 0.1) is 6.92 Å². The van der Waals surface area contributed by atoms with Gasteiger partial charge in [0.1, 0.15) is 11.5 Å². The largest absolute Gasteiger partial charge is 0.497 e. The predicted octanol–water partition coefficient (Wildman–Crippen LogP) is 4.32. The summed E-state index contributed by atoms with van der Waals surface area (Å²) in [4.78, 5) is 12.3. The van der Waals surface area contributed by atoms with Gasteiger partial charge >= 0.3 is 0 Å². The van der Waals surface area contributed by atoms with Gasteiger partial charge in [-0.3, -0.25) is 4.79 Å². The van der Waals surface area contributed by atoms with Crippen LogP contribution in [0.4, 0.5) is 5.69 Å². The average molecular weight is 311 g/mol. The Labute approximate surface area is 136 Å². The van der Waals surface area contributed by atoms with Gasteiger partial charge in [0.05, 0.1) is 18.9 Å². The minimum Gasteiger partial charge on any atom is -0.497 e. The van der Waals surface area contributed by atoms with Gasteiger partial charge in [-0.1, -0.05) is 24.6 Å². The standard InChI is InChI=1S/C19H21NO3/c1-4-15(13-23-18-11-9-17(22-3)10-12-18)19(21)20-16-7-5-14(2)6-8-16/h5-13H,4H2,1-3H3,(H,20,21)/b15-13+. The summed E-state index contributed by atoms with van der Waals surface area (Å²) in [5, 5.41) is 2.87. The van der Waals surface area contributed by atoms with E-state index < -0.39 is 0 Å². The van der Waals surface area contributed by atoms with Crippen LogP contribution in [-0.2, 0) is 4.79 Å². The van der Waals surface area contributed by atoms with Crippen molar-refractivity contribution < 1.29 is 14.3 Å². The van der Waals surface area contributed by atoms with Crippen LogP contribution in [0.25, 0.3) is 0 Å². The summed E-state index contributed by atoms with van der Waals surface area (Å²) in [7, 11) is 1.61. The van der Waals surface area contributed by atoms with E-state index in [9.17, 15) is 4.79 Å². The SMILES string of the molecule is CC/C(=C\Oc1ccc(OC)cc1)C(=O)Nc1ccc(C)cc1. The maximum Gasteiger partial charge on any atom is 0.254 e. The third-order valence-electron chi connectivity index (χ3n) is 3.38. The molecule has 0 radical (unpaired) electrons. The Bertz CT molecular complexity index is 673. The minimum atomic E-state index is -0.162. The molecule has 2 aromatic rings. The highest BCUT2D eigenvalue weighted by molar-refractivity contribution is 6.03. The molecule has 23 heavy (non-hydrogen) atoms. The molecule has 2 rings (SSSR count). The number of rotatable bonds is 6. The fourth-order valence-corrected chi connectivity index (χ4v) is 1.94. The molecule has 120 valence electrons. The van der Waals surface area contributed by atoms with E-state index in [4.69, 9.17) is 9.47 Å². The second kappa shape index (κ2) is 8.03. The third kappa shape index (κ3) is 4.88. The molecule has 0 aliphatic heterocycles. The normalized spacial score (nSPS) is 11.0. The van der Waals surface area contributed by atoms with Crippen molar-refractivity contribution in [2.45, 2.75) is 20.3 Å². The molecule has 4 heteroatoms. The monoisotopic (exact) mass is 311 g/mol. The molecule has 0 heterocycles. The second-order valence-corrected chi connectivity index (χ2v) is 5.11. The average Bonchev–Trinajstić information content (AvgIpc) is 2.58. The topological polar surface area (TPSA) is 47.6 Å². The Hall–Kier alpha value is -2.75. The molecule has 0 bridgehead atoms. The molecule has 0 saturated carbocycles. The molecule has 0 fully saturated rings. The van der Waals surface area contributed by atoms with Gasteiger partial charge < -0.3 is 14.8 Å². The molecule has 2 aromatic carbocycles. The van der Waals surface area contributed by atoms with Crippen LogP contribution in [0.15, 0.2) is 60.4 Å². The first-order valence-electron chi connectivity index (χ1n) is 7.50. The van der Waals surface area contributed by atoms with Crippen LogP contribution in [-0.4, -0.2) is 13.0 Å². The number of carbonyl (C=O) groups excluding carboxylic acids is 1. The van der Waals surface area contributed by atoms with Crippen molar-refractivity contribution in [3.8, 4) is 11.5 Å². The van der Waals surface area contributed by atoms with Gasteiger partial charge in [0, 0.05) is 5.69 Å². The maximum absolute atomic E-state index is 12.3. The second-order valence-electron chi connectivity index (χ2n) is 5.11. The Morgan fingerprint density at radius 2 is 1.65 bits per heavy atom. The summed E-state index contributed by atoms with van der Waals surface area (Å²) >= 11 is 0. The molecule has 0 atom stereocenters. The number of anilines is 1. The van der Waals surface area contributed by atoms with E-state index in [2.05, 4.69) is 5.32 Å². The van der Waals surface area contributed by atoms with E-state index >= 15 is 0 Å². The fourth-order valence-electron chi connectivity index (χ4n) is 1.94. The molecule has 0 aromatic heterocycles. The van der Waals surface area contributed by atoms with Gasteiger partial charge in [-0.15, -0.1) is 0 Å². The Balaban J connectivity index is 2.01. The highest BCUT2D eigenvalue weighted by Gasteiger charge is 2.08. The van der Waals surface area contributed by atoms with Gasteiger partial charge in [0.15, 0.2) is 0 Å². The first kappa shape index (κ1) is 16.6. The maximum atomic E-state index is 12.3. The number of benzene rings is 2. The van der Waals surface area contributed by atoms with Crippen molar-refractivity contribution >= 4 is 11.6 Å². The lowest BCUT2D eigenvalue weighted by Crippen LogP contribution is -2.14.